The van der Waals surface area contributed by atoms with Gasteiger partial charge in [-0.2, -0.15) is 9.97 Å². The molecule has 10 nitrogen and oxygen atoms in total. The minimum atomic E-state index is -0.940. The second-order valence-electron chi connectivity index (χ2n) is 8.24. The first-order valence-corrected chi connectivity index (χ1v) is 10.9. The number of halogens is 1. The van der Waals surface area contributed by atoms with Gasteiger partial charge in [-0.15, -0.1) is 0 Å². The molecule has 0 unspecified atom stereocenters. The zero-order valence-electron chi connectivity index (χ0n) is 17.3. The van der Waals surface area contributed by atoms with Gasteiger partial charge in [0.1, 0.15) is 5.52 Å². The smallest absolute Gasteiger partial charge is 0.407 e. The molecule has 1 fully saturated rings. The predicted octanol–water partition coefficient (Wildman–Crippen LogP) is 3.70. The van der Waals surface area contributed by atoms with Crippen LogP contribution in [0.1, 0.15) is 37.3 Å². The lowest BCUT2D eigenvalue weighted by Gasteiger charge is -2.33. The van der Waals surface area contributed by atoms with E-state index in [4.69, 9.17) is 26.8 Å². The number of amides is 1. The lowest BCUT2D eigenvalue weighted by atomic mass is 9.85. The average Bonchev–Trinajstić information content (AvgIpc) is 3.40. The Bertz CT molecular complexity index is 1170. The van der Waals surface area contributed by atoms with Crippen molar-refractivity contribution in [2.24, 2.45) is 5.92 Å². The van der Waals surface area contributed by atoms with Gasteiger partial charge in [-0.05, 0) is 54.5 Å². The molecule has 32 heavy (non-hydrogen) atoms. The molecule has 1 aliphatic carbocycles. The maximum Gasteiger partial charge on any atom is 0.407 e. The number of hydrogen-bond donors (Lipinski definition) is 2. The number of rotatable bonds is 5. The Morgan fingerprint density at radius 1 is 1.28 bits per heavy atom. The van der Waals surface area contributed by atoms with Gasteiger partial charge in [-0.25, -0.2) is 9.78 Å². The van der Waals surface area contributed by atoms with E-state index in [2.05, 4.69) is 15.0 Å². The highest BCUT2D eigenvalue weighted by Gasteiger charge is 2.28. The highest BCUT2D eigenvalue weighted by atomic mass is 35.5. The maximum atomic E-state index is 12.0. The van der Waals surface area contributed by atoms with E-state index in [1.807, 2.05) is 22.8 Å². The van der Waals surface area contributed by atoms with Crippen LogP contribution in [0.3, 0.4) is 0 Å². The van der Waals surface area contributed by atoms with Crippen molar-refractivity contribution in [2.75, 3.05) is 19.1 Å². The summed E-state index contributed by atoms with van der Waals surface area (Å²) in [5, 5.41) is 9.91. The predicted molar refractivity (Wildman–Crippen MR) is 117 cm³/mol. The van der Waals surface area contributed by atoms with Crippen molar-refractivity contribution in [3.8, 4) is 11.5 Å². The zero-order chi connectivity index (χ0) is 22.2. The fourth-order valence-electron chi connectivity index (χ4n) is 4.64. The lowest BCUT2D eigenvalue weighted by Crippen LogP contribution is -2.35. The van der Waals surface area contributed by atoms with Crippen molar-refractivity contribution < 1.29 is 19.4 Å². The summed E-state index contributed by atoms with van der Waals surface area (Å²) in [5.41, 5.74) is 7.95. The molecule has 1 amide bonds. The highest BCUT2D eigenvalue weighted by molar-refractivity contribution is 6.28. The van der Waals surface area contributed by atoms with Crippen molar-refractivity contribution in [1.29, 1.82) is 0 Å². The number of carboxylic acid groups (broad SMARTS) is 1. The van der Waals surface area contributed by atoms with E-state index in [9.17, 15) is 9.90 Å². The van der Waals surface area contributed by atoms with Gasteiger partial charge in [0.05, 0.1) is 6.33 Å². The minimum absolute atomic E-state index is 0.0879. The maximum absolute atomic E-state index is 12.0. The third-order valence-corrected chi connectivity index (χ3v) is 6.30. The van der Waals surface area contributed by atoms with Crippen LogP contribution in [0.15, 0.2) is 24.5 Å². The number of anilines is 1. The summed E-state index contributed by atoms with van der Waals surface area (Å²) in [4.78, 5) is 26.1. The molecule has 168 valence electrons. The van der Waals surface area contributed by atoms with Gasteiger partial charge in [0, 0.05) is 19.1 Å². The van der Waals surface area contributed by atoms with Crippen molar-refractivity contribution >= 4 is 34.7 Å². The SMILES string of the molecule is Nc1nc(Cl)nc2c1ncn2[C@H]1CCC[C@@H](CN(Cc2ccc3c(c2)OCO3)C(=O)O)C1. The summed E-state index contributed by atoms with van der Waals surface area (Å²) >= 11 is 6.00. The van der Waals surface area contributed by atoms with Crippen molar-refractivity contribution in [1.82, 2.24) is 24.4 Å². The highest BCUT2D eigenvalue weighted by Crippen LogP contribution is 2.36. The summed E-state index contributed by atoms with van der Waals surface area (Å²) in [5.74, 6) is 1.80. The van der Waals surface area contributed by atoms with Gasteiger partial charge < -0.3 is 29.8 Å². The molecule has 1 saturated carbocycles. The van der Waals surface area contributed by atoms with E-state index in [1.54, 1.807) is 6.33 Å². The minimum Gasteiger partial charge on any atom is -0.465 e. The molecule has 3 N–H and O–H groups in total. The third-order valence-electron chi connectivity index (χ3n) is 6.13. The van der Waals surface area contributed by atoms with E-state index in [0.29, 0.717) is 35.8 Å². The van der Waals surface area contributed by atoms with E-state index < -0.39 is 6.09 Å². The molecule has 0 bridgehead atoms. The van der Waals surface area contributed by atoms with Crippen LogP contribution in [0.2, 0.25) is 5.28 Å². The first-order valence-electron chi connectivity index (χ1n) is 10.5. The molecule has 0 spiro atoms. The molecule has 1 aromatic carbocycles. The number of nitrogens with two attached hydrogens (primary N) is 1. The number of ether oxygens (including phenoxy) is 2. The molecule has 0 radical (unpaired) electrons. The summed E-state index contributed by atoms with van der Waals surface area (Å²) in [6, 6.07) is 5.67. The van der Waals surface area contributed by atoms with Crippen molar-refractivity contribution in [2.45, 2.75) is 38.3 Å². The standard InChI is InChI=1S/C21H23ClN6O4/c22-20-25-18(23)17-19(26-20)28(10-24-17)14-3-1-2-12(6-14)8-27(21(29)30)9-13-4-5-15-16(7-13)32-11-31-15/h4-5,7,10,12,14H,1-3,6,8-9,11H2,(H,29,30)(H2,23,25,26)/t12-,14+/m1/s1. The van der Waals surface area contributed by atoms with Gasteiger partial charge >= 0.3 is 6.09 Å². The molecule has 2 atom stereocenters. The summed E-state index contributed by atoms with van der Waals surface area (Å²) < 4.78 is 12.7. The fraction of sp³-hybridized carbons (Fsp3) is 0.429. The van der Waals surface area contributed by atoms with Crippen LogP contribution in [-0.4, -0.2) is 49.0 Å². The number of benzene rings is 1. The molecule has 5 rings (SSSR count). The molecule has 0 saturated heterocycles. The second-order valence-corrected chi connectivity index (χ2v) is 8.58. The van der Waals surface area contributed by atoms with E-state index in [-0.39, 0.29) is 29.9 Å². The number of fused-ring (bicyclic) bond motifs is 2. The monoisotopic (exact) mass is 458 g/mol. The number of nitrogen functional groups attached to an aromatic ring is 1. The Balaban J connectivity index is 1.31. The van der Waals surface area contributed by atoms with Crippen molar-refractivity contribution in [3.05, 3.63) is 35.4 Å². The second kappa shape index (κ2) is 8.34. The van der Waals surface area contributed by atoms with Gasteiger partial charge in [0.2, 0.25) is 12.1 Å². The lowest BCUT2D eigenvalue weighted by molar-refractivity contribution is 0.122. The Kier molecular flexibility index (Phi) is 5.38. The largest absolute Gasteiger partial charge is 0.465 e. The van der Waals surface area contributed by atoms with Crippen LogP contribution < -0.4 is 15.2 Å². The van der Waals surface area contributed by atoms with E-state index in [1.165, 1.54) is 4.90 Å². The molecular formula is C21H23ClN6O4. The molecular weight excluding hydrogens is 436 g/mol. The Morgan fingerprint density at radius 3 is 2.97 bits per heavy atom. The van der Waals surface area contributed by atoms with E-state index >= 15 is 0 Å². The topological polar surface area (TPSA) is 129 Å². The van der Waals surface area contributed by atoms with Crippen LogP contribution in [-0.2, 0) is 6.54 Å². The third kappa shape index (κ3) is 3.97. The fourth-order valence-corrected chi connectivity index (χ4v) is 4.81. The number of nitrogens with zero attached hydrogens (tertiary/aromatic N) is 5. The number of imidazole rings is 1. The first kappa shape index (κ1) is 20.6. The molecule has 2 aromatic heterocycles. The van der Waals surface area contributed by atoms with Gasteiger partial charge in [0.25, 0.3) is 0 Å². The summed E-state index contributed by atoms with van der Waals surface area (Å²) in [6.45, 7) is 0.931. The molecule has 11 heteroatoms. The van der Waals surface area contributed by atoms with Crippen LogP contribution in [0.5, 0.6) is 11.5 Å². The van der Waals surface area contributed by atoms with Gasteiger partial charge in [-0.1, -0.05) is 12.5 Å². The van der Waals surface area contributed by atoms with Gasteiger partial charge in [-0.3, -0.25) is 0 Å². The van der Waals surface area contributed by atoms with E-state index in [0.717, 1.165) is 31.2 Å². The molecule has 2 aliphatic rings. The number of hydrogen-bond acceptors (Lipinski definition) is 7. The molecule has 3 heterocycles. The summed E-state index contributed by atoms with van der Waals surface area (Å²) in [6.07, 6.45) is 4.51. The Hall–Kier alpha value is -3.27. The zero-order valence-corrected chi connectivity index (χ0v) is 18.0. The van der Waals surface area contributed by atoms with Crippen molar-refractivity contribution in [3.63, 3.8) is 0 Å². The normalized spacial score (nSPS) is 19.9. The number of aromatic nitrogens is 4. The van der Waals surface area contributed by atoms with Crippen LogP contribution in [0.25, 0.3) is 11.2 Å². The molecule has 3 aromatic rings. The quantitative estimate of drug-likeness (QED) is 0.553. The van der Waals surface area contributed by atoms with Crippen LogP contribution >= 0.6 is 11.6 Å². The number of carbonyl (C=O) groups is 1. The Morgan fingerprint density at radius 2 is 2.12 bits per heavy atom. The average molecular weight is 459 g/mol. The van der Waals surface area contributed by atoms with Crippen LogP contribution in [0.4, 0.5) is 10.6 Å². The summed E-state index contributed by atoms with van der Waals surface area (Å²) in [7, 11) is 0. The molecule has 1 aliphatic heterocycles. The van der Waals surface area contributed by atoms with Crippen LogP contribution in [0, 0.1) is 5.92 Å². The first-order chi connectivity index (χ1) is 15.5. The Labute approximate surface area is 188 Å². The van der Waals surface area contributed by atoms with Gasteiger partial charge in [0.15, 0.2) is 23.0 Å².